The highest BCUT2D eigenvalue weighted by Crippen LogP contribution is 2.31. The molecule has 0 saturated heterocycles. The van der Waals surface area contributed by atoms with Gasteiger partial charge in [-0.1, -0.05) is 24.8 Å². The van der Waals surface area contributed by atoms with E-state index >= 15 is 0 Å². The van der Waals surface area contributed by atoms with E-state index in [2.05, 4.69) is 6.58 Å². The maximum atomic E-state index is 12.1. The van der Waals surface area contributed by atoms with Gasteiger partial charge in [0.05, 0.1) is 5.57 Å². The van der Waals surface area contributed by atoms with Crippen LogP contribution >= 0.6 is 0 Å². The topological polar surface area (TPSA) is 0 Å². The van der Waals surface area contributed by atoms with E-state index in [1.807, 2.05) is 0 Å². The maximum Gasteiger partial charge on any atom is 0.416 e. The second-order valence-electron chi connectivity index (χ2n) is 2.62. The molecule has 0 bridgehead atoms. The van der Waals surface area contributed by atoms with E-state index < -0.39 is 11.7 Å². The molecule has 0 unspecified atom stereocenters. The van der Waals surface area contributed by atoms with Crippen LogP contribution in [0.2, 0.25) is 0 Å². The molecular formula is C9H9F3. The van der Waals surface area contributed by atoms with Crippen molar-refractivity contribution < 1.29 is 13.2 Å². The predicted octanol–water partition coefficient (Wildman–Crippen LogP) is 3.38. The third kappa shape index (κ3) is 2.00. The number of alkyl halides is 3. The van der Waals surface area contributed by atoms with Crippen molar-refractivity contribution >= 4 is 0 Å². The zero-order valence-corrected chi connectivity index (χ0v) is 6.49. The highest BCUT2D eigenvalue weighted by atomic mass is 19.4. The van der Waals surface area contributed by atoms with Crippen LogP contribution in [-0.4, -0.2) is 6.18 Å². The van der Waals surface area contributed by atoms with Crippen molar-refractivity contribution in [1.29, 1.82) is 0 Å². The van der Waals surface area contributed by atoms with Gasteiger partial charge in [0.1, 0.15) is 0 Å². The van der Waals surface area contributed by atoms with Crippen LogP contribution in [0.5, 0.6) is 0 Å². The molecule has 1 aliphatic carbocycles. The van der Waals surface area contributed by atoms with Crippen LogP contribution in [0.1, 0.15) is 12.8 Å². The van der Waals surface area contributed by atoms with Gasteiger partial charge in [-0.2, -0.15) is 13.2 Å². The summed E-state index contributed by atoms with van der Waals surface area (Å²) < 4.78 is 36.2. The molecule has 1 aliphatic rings. The molecule has 3 heteroatoms. The second kappa shape index (κ2) is 3.17. The van der Waals surface area contributed by atoms with Gasteiger partial charge < -0.3 is 0 Å². The lowest BCUT2D eigenvalue weighted by atomic mass is 10.0. The normalized spacial score (nSPS) is 17.4. The third-order valence-electron chi connectivity index (χ3n) is 1.69. The first kappa shape index (κ1) is 9.10. The van der Waals surface area contributed by atoms with Gasteiger partial charge in [-0.15, -0.1) is 0 Å². The molecular weight excluding hydrogens is 165 g/mol. The molecule has 0 fully saturated rings. The molecule has 0 radical (unpaired) electrons. The highest BCUT2D eigenvalue weighted by molar-refractivity contribution is 5.42. The Labute approximate surface area is 69.1 Å². The molecule has 0 aromatic carbocycles. The zero-order valence-electron chi connectivity index (χ0n) is 6.49. The van der Waals surface area contributed by atoms with Crippen LogP contribution in [0, 0.1) is 0 Å². The fraction of sp³-hybridized carbons (Fsp3) is 0.333. The van der Waals surface area contributed by atoms with Crippen LogP contribution in [-0.2, 0) is 0 Å². The minimum atomic E-state index is -4.30. The van der Waals surface area contributed by atoms with Crippen molar-refractivity contribution in [2.24, 2.45) is 0 Å². The van der Waals surface area contributed by atoms with E-state index in [1.165, 1.54) is 6.08 Å². The molecule has 0 atom stereocenters. The van der Waals surface area contributed by atoms with E-state index in [0.717, 1.165) is 6.42 Å². The lowest BCUT2D eigenvalue weighted by molar-refractivity contribution is -0.0886. The summed E-state index contributed by atoms with van der Waals surface area (Å²) in [5, 5.41) is 0. The van der Waals surface area contributed by atoms with Crippen LogP contribution in [0.15, 0.2) is 36.0 Å². The monoisotopic (exact) mass is 174 g/mol. The molecule has 0 aromatic rings. The third-order valence-corrected chi connectivity index (χ3v) is 1.69. The van der Waals surface area contributed by atoms with Crippen molar-refractivity contribution in [3.8, 4) is 0 Å². The van der Waals surface area contributed by atoms with E-state index in [-0.39, 0.29) is 5.57 Å². The van der Waals surface area contributed by atoms with Crippen LogP contribution < -0.4 is 0 Å². The Morgan fingerprint density at radius 1 is 1.33 bits per heavy atom. The van der Waals surface area contributed by atoms with Crippen LogP contribution in [0.3, 0.4) is 0 Å². The zero-order chi connectivity index (χ0) is 9.19. The summed E-state index contributed by atoms with van der Waals surface area (Å²) in [5.74, 6) is 0. The maximum absolute atomic E-state index is 12.1. The number of hydrogen-bond acceptors (Lipinski definition) is 0. The van der Waals surface area contributed by atoms with Gasteiger partial charge in [0.25, 0.3) is 0 Å². The van der Waals surface area contributed by atoms with Gasteiger partial charge in [0.2, 0.25) is 0 Å². The number of hydrogen-bond donors (Lipinski definition) is 0. The minimum absolute atomic E-state index is 0.203. The van der Waals surface area contributed by atoms with E-state index in [4.69, 9.17) is 0 Å². The molecule has 0 aromatic heterocycles. The first-order valence-electron chi connectivity index (χ1n) is 3.65. The predicted molar refractivity (Wildman–Crippen MR) is 41.7 cm³/mol. The van der Waals surface area contributed by atoms with Gasteiger partial charge in [-0.3, -0.25) is 0 Å². The van der Waals surface area contributed by atoms with E-state index in [0.29, 0.717) is 6.42 Å². The lowest BCUT2D eigenvalue weighted by Crippen LogP contribution is -2.12. The second-order valence-corrected chi connectivity index (χ2v) is 2.62. The molecule has 1 rings (SSSR count). The first-order chi connectivity index (χ1) is 5.52. The lowest BCUT2D eigenvalue weighted by Gasteiger charge is -2.12. The molecule has 0 nitrogen and oxygen atoms in total. The SMILES string of the molecule is C=C(C1=CCCC=C1)C(F)(F)F. The molecule has 0 N–H and O–H groups in total. The van der Waals surface area contributed by atoms with Gasteiger partial charge in [0.15, 0.2) is 0 Å². The largest absolute Gasteiger partial charge is 0.416 e. The Morgan fingerprint density at radius 2 is 2.00 bits per heavy atom. The molecule has 0 amide bonds. The van der Waals surface area contributed by atoms with E-state index in [1.54, 1.807) is 12.2 Å². The number of allylic oxidation sites excluding steroid dienone is 5. The Morgan fingerprint density at radius 3 is 2.42 bits per heavy atom. The van der Waals surface area contributed by atoms with Gasteiger partial charge in [-0.25, -0.2) is 0 Å². The summed E-state index contributed by atoms with van der Waals surface area (Å²) in [6, 6.07) is 0. The van der Waals surface area contributed by atoms with Gasteiger partial charge in [-0.05, 0) is 18.4 Å². The summed E-state index contributed by atoms with van der Waals surface area (Å²) in [5.41, 5.74) is -0.549. The smallest absolute Gasteiger partial charge is 0.166 e. The fourth-order valence-electron chi connectivity index (χ4n) is 1.00. The van der Waals surface area contributed by atoms with Crippen molar-refractivity contribution in [2.75, 3.05) is 0 Å². The summed E-state index contributed by atoms with van der Waals surface area (Å²) in [6.45, 7) is 3.01. The van der Waals surface area contributed by atoms with E-state index in [9.17, 15) is 13.2 Å². The average molecular weight is 174 g/mol. The standard InChI is InChI=1S/C9H9F3/c1-7(9(10,11)12)8-5-3-2-4-6-8/h3,5-6H,1-2,4H2. The Bertz CT molecular complexity index is 243. The highest BCUT2D eigenvalue weighted by Gasteiger charge is 2.33. The van der Waals surface area contributed by atoms with Crippen molar-refractivity contribution in [3.63, 3.8) is 0 Å². The molecule has 0 spiro atoms. The molecule has 0 aliphatic heterocycles. The van der Waals surface area contributed by atoms with Crippen molar-refractivity contribution in [2.45, 2.75) is 19.0 Å². The fourth-order valence-corrected chi connectivity index (χ4v) is 1.00. The van der Waals surface area contributed by atoms with Gasteiger partial charge in [0, 0.05) is 0 Å². The summed E-state index contributed by atoms with van der Waals surface area (Å²) >= 11 is 0. The number of rotatable bonds is 1. The summed E-state index contributed by atoms with van der Waals surface area (Å²) in [6.07, 6.45) is 1.95. The Balaban J connectivity index is 2.77. The summed E-state index contributed by atoms with van der Waals surface area (Å²) in [4.78, 5) is 0. The van der Waals surface area contributed by atoms with Crippen LogP contribution in [0.4, 0.5) is 13.2 Å². The molecule has 0 saturated carbocycles. The molecule has 66 valence electrons. The van der Waals surface area contributed by atoms with Crippen molar-refractivity contribution in [1.82, 2.24) is 0 Å². The van der Waals surface area contributed by atoms with Gasteiger partial charge >= 0.3 is 6.18 Å². The summed E-state index contributed by atoms with van der Waals surface area (Å²) in [7, 11) is 0. The minimum Gasteiger partial charge on any atom is -0.166 e. The average Bonchev–Trinajstić information content (AvgIpc) is 2.03. The quantitative estimate of drug-likeness (QED) is 0.571. The van der Waals surface area contributed by atoms with Crippen molar-refractivity contribution in [3.05, 3.63) is 36.0 Å². The molecule has 0 heterocycles. The Kier molecular flexibility index (Phi) is 2.40. The van der Waals surface area contributed by atoms with Crippen LogP contribution in [0.25, 0.3) is 0 Å². The molecule has 12 heavy (non-hydrogen) atoms. The Hall–Kier alpha value is -0.990. The first-order valence-corrected chi connectivity index (χ1v) is 3.65. The number of halogens is 3.